The molecule has 1 aromatic carbocycles. The van der Waals surface area contributed by atoms with E-state index >= 15 is 0 Å². The Morgan fingerprint density at radius 3 is 2.58 bits per heavy atom. The van der Waals surface area contributed by atoms with E-state index in [9.17, 15) is 9.90 Å². The summed E-state index contributed by atoms with van der Waals surface area (Å²) in [7, 11) is 0. The Balaban J connectivity index is 2.76. The van der Waals surface area contributed by atoms with Gasteiger partial charge in [-0.1, -0.05) is 26.8 Å². The molecule has 0 spiro atoms. The molecule has 2 rings (SSSR count). The van der Waals surface area contributed by atoms with Gasteiger partial charge in [-0.25, -0.2) is 4.79 Å². The third kappa shape index (κ3) is 2.25. The average molecular weight is 259 g/mol. The van der Waals surface area contributed by atoms with Crippen molar-refractivity contribution in [1.29, 1.82) is 0 Å². The van der Waals surface area contributed by atoms with Crippen molar-refractivity contribution >= 4 is 16.9 Å². The van der Waals surface area contributed by atoms with Gasteiger partial charge in [0.25, 0.3) is 0 Å². The highest BCUT2D eigenvalue weighted by atomic mass is 16.4. The van der Waals surface area contributed by atoms with Crippen LogP contribution in [0.25, 0.3) is 10.9 Å². The van der Waals surface area contributed by atoms with E-state index in [1.54, 1.807) is 0 Å². The van der Waals surface area contributed by atoms with Crippen LogP contribution in [0.4, 0.5) is 0 Å². The molecule has 0 aliphatic rings. The number of aryl methyl sites for hydroxylation is 2. The van der Waals surface area contributed by atoms with Crippen molar-refractivity contribution in [3.8, 4) is 0 Å². The third-order valence-corrected chi connectivity index (χ3v) is 3.66. The van der Waals surface area contributed by atoms with Crippen LogP contribution in [0.2, 0.25) is 0 Å². The zero-order valence-electron chi connectivity index (χ0n) is 12.0. The van der Waals surface area contributed by atoms with Crippen molar-refractivity contribution < 1.29 is 9.90 Å². The standard InChI is InChI=1S/C16H21NO2/c1-5-8-17-14-7-6-12(10(2)3)9-13(14)11(4)15(17)16(18)19/h6-7,9-10H,5,8H2,1-4H3,(H,18,19). The Morgan fingerprint density at radius 2 is 2.05 bits per heavy atom. The molecule has 102 valence electrons. The Labute approximate surface area is 113 Å². The number of aromatic carboxylic acids is 1. The van der Waals surface area contributed by atoms with Crippen LogP contribution in [0.1, 0.15) is 54.7 Å². The predicted octanol–water partition coefficient (Wildman–Crippen LogP) is 4.18. The van der Waals surface area contributed by atoms with Gasteiger partial charge in [0.1, 0.15) is 5.69 Å². The monoisotopic (exact) mass is 259 g/mol. The summed E-state index contributed by atoms with van der Waals surface area (Å²) in [5.74, 6) is -0.389. The molecule has 0 amide bonds. The molecule has 0 fully saturated rings. The van der Waals surface area contributed by atoms with Gasteiger partial charge < -0.3 is 9.67 Å². The molecule has 0 saturated heterocycles. The smallest absolute Gasteiger partial charge is 0.352 e. The highest BCUT2D eigenvalue weighted by Gasteiger charge is 2.19. The first-order valence-electron chi connectivity index (χ1n) is 6.83. The minimum atomic E-state index is -0.840. The first kappa shape index (κ1) is 13.7. The van der Waals surface area contributed by atoms with Gasteiger partial charge in [-0.3, -0.25) is 0 Å². The summed E-state index contributed by atoms with van der Waals surface area (Å²) >= 11 is 0. The molecule has 2 aromatic rings. The van der Waals surface area contributed by atoms with E-state index in [-0.39, 0.29) is 0 Å². The summed E-state index contributed by atoms with van der Waals surface area (Å²) in [6.07, 6.45) is 0.926. The van der Waals surface area contributed by atoms with Crippen LogP contribution >= 0.6 is 0 Å². The predicted molar refractivity (Wildman–Crippen MR) is 78.0 cm³/mol. The molecule has 0 atom stereocenters. The second kappa shape index (κ2) is 5.08. The molecule has 0 unspecified atom stereocenters. The number of hydrogen-bond donors (Lipinski definition) is 1. The number of hydrogen-bond acceptors (Lipinski definition) is 1. The van der Waals surface area contributed by atoms with Crippen LogP contribution < -0.4 is 0 Å². The van der Waals surface area contributed by atoms with Crippen molar-refractivity contribution in [2.24, 2.45) is 0 Å². The minimum Gasteiger partial charge on any atom is -0.477 e. The fraction of sp³-hybridized carbons (Fsp3) is 0.438. The summed E-state index contributed by atoms with van der Waals surface area (Å²) in [5, 5.41) is 10.5. The quantitative estimate of drug-likeness (QED) is 0.895. The fourth-order valence-electron chi connectivity index (χ4n) is 2.63. The first-order chi connectivity index (χ1) is 8.97. The van der Waals surface area contributed by atoms with Gasteiger partial charge in [0, 0.05) is 17.4 Å². The molecule has 0 aliphatic carbocycles. The van der Waals surface area contributed by atoms with Gasteiger partial charge >= 0.3 is 5.97 Å². The van der Waals surface area contributed by atoms with Crippen LogP contribution in [-0.4, -0.2) is 15.6 Å². The number of carboxylic acid groups (broad SMARTS) is 1. The van der Waals surface area contributed by atoms with Crippen molar-refractivity contribution in [2.75, 3.05) is 0 Å². The topological polar surface area (TPSA) is 42.2 Å². The molecule has 0 aliphatic heterocycles. The van der Waals surface area contributed by atoms with E-state index in [1.165, 1.54) is 5.56 Å². The lowest BCUT2D eigenvalue weighted by Gasteiger charge is -2.08. The molecule has 3 heteroatoms. The van der Waals surface area contributed by atoms with E-state index in [0.717, 1.165) is 29.4 Å². The maximum atomic E-state index is 11.5. The summed E-state index contributed by atoms with van der Waals surface area (Å²) in [5.41, 5.74) is 3.58. The Bertz CT molecular complexity index is 623. The second-order valence-corrected chi connectivity index (χ2v) is 5.36. The Hall–Kier alpha value is -1.77. The summed E-state index contributed by atoms with van der Waals surface area (Å²) < 4.78 is 1.93. The highest BCUT2D eigenvalue weighted by molar-refractivity contribution is 5.98. The van der Waals surface area contributed by atoms with E-state index < -0.39 is 5.97 Å². The lowest BCUT2D eigenvalue weighted by atomic mass is 10.0. The van der Waals surface area contributed by atoms with Gasteiger partial charge in [0.15, 0.2) is 0 Å². The zero-order valence-corrected chi connectivity index (χ0v) is 12.0. The van der Waals surface area contributed by atoms with Gasteiger partial charge in [0.2, 0.25) is 0 Å². The first-order valence-corrected chi connectivity index (χ1v) is 6.83. The average Bonchev–Trinajstić information content (AvgIpc) is 2.63. The third-order valence-electron chi connectivity index (χ3n) is 3.66. The van der Waals surface area contributed by atoms with E-state index in [4.69, 9.17) is 0 Å². The molecule has 1 N–H and O–H groups in total. The van der Waals surface area contributed by atoms with Gasteiger partial charge in [-0.15, -0.1) is 0 Å². The van der Waals surface area contributed by atoms with Crippen LogP contribution in [-0.2, 0) is 6.54 Å². The van der Waals surface area contributed by atoms with Crippen LogP contribution in [0.3, 0.4) is 0 Å². The number of carboxylic acids is 1. The maximum absolute atomic E-state index is 11.5. The van der Waals surface area contributed by atoms with Gasteiger partial charge in [-0.2, -0.15) is 0 Å². The molecule has 0 bridgehead atoms. The van der Waals surface area contributed by atoms with Crippen molar-refractivity contribution in [3.05, 3.63) is 35.0 Å². The number of benzene rings is 1. The largest absolute Gasteiger partial charge is 0.477 e. The molecule has 1 heterocycles. The normalized spacial score (nSPS) is 11.4. The molecule has 0 saturated carbocycles. The van der Waals surface area contributed by atoms with E-state index in [0.29, 0.717) is 11.6 Å². The van der Waals surface area contributed by atoms with E-state index in [1.807, 2.05) is 11.5 Å². The van der Waals surface area contributed by atoms with Gasteiger partial charge in [0.05, 0.1) is 0 Å². The number of nitrogens with zero attached hydrogens (tertiary/aromatic N) is 1. The second-order valence-electron chi connectivity index (χ2n) is 5.36. The lowest BCUT2D eigenvalue weighted by Crippen LogP contribution is -2.09. The SMILES string of the molecule is CCCn1c(C(=O)O)c(C)c2cc(C(C)C)ccc21. The highest BCUT2D eigenvalue weighted by Crippen LogP contribution is 2.29. The lowest BCUT2D eigenvalue weighted by molar-refractivity contribution is 0.0684. The number of rotatable bonds is 4. The molecular weight excluding hydrogens is 238 g/mol. The molecule has 1 aromatic heterocycles. The summed E-state index contributed by atoms with van der Waals surface area (Å²) in [4.78, 5) is 11.5. The maximum Gasteiger partial charge on any atom is 0.352 e. The van der Waals surface area contributed by atoms with Crippen LogP contribution in [0.15, 0.2) is 18.2 Å². The molecular formula is C16H21NO2. The Kier molecular flexibility index (Phi) is 3.65. The fourth-order valence-corrected chi connectivity index (χ4v) is 2.63. The Morgan fingerprint density at radius 1 is 1.37 bits per heavy atom. The van der Waals surface area contributed by atoms with Crippen molar-refractivity contribution in [3.63, 3.8) is 0 Å². The molecule has 0 radical (unpaired) electrons. The number of fused-ring (bicyclic) bond motifs is 1. The zero-order chi connectivity index (χ0) is 14.2. The van der Waals surface area contributed by atoms with Crippen LogP contribution in [0.5, 0.6) is 0 Å². The van der Waals surface area contributed by atoms with Gasteiger partial charge in [-0.05, 0) is 42.5 Å². The van der Waals surface area contributed by atoms with Crippen molar-refractivity contribution in [2.45, 2.75) is 46.6 Å². The van der Waals surface area contributed by atoms with Crippen molar-refractivity contribution in [1.82, 2.24) is 4.57 Å². The molecule has 3 nitrogen and oxygen atoms in total. The molecule has 19 heavy (non-hydrogen) atoms. The van der Waals surface area contributed by atoms with Crippen LogP contribution in [0, 0.1) is 6.92 Å². The number of carbonyl (C=O) groups is 1. The summed E-state index contributed by atoms with van der Waals surface area (Å²) in [6, 6.07) is 6.29. The summed E-state index contributed by atoms with van der Waals surface area (Å²) in [6.45, 7) is 9.01. The minimum absolute atomic E-state index is 0.428. The number of aromatic nitrogens is 1. The van der Waals surface area contributed by atoms with E-state index in [2.05, 4.69) is 39.0 Å².